The molecule has 0 fully saturated rings. The first-order valence-electron chi connectivity index (χ1n) is 1.98. The van der Waals surface area contributed by atoms with Crippen molar-refractivity contribution in [2.24, 2.45) is 0 Å². The Balaban J connectivity index is 3.15. The van der Waals surface area contributed by atoms with E-state index in [1.165, 1.54) is 13.8 Å². The molecule has 0 aliphatic carbocycles. The summed E-state index contributed by atoms with van der Waals surface area (Å²) in [7, 11) is 0. The maximum Gasteiger partial charge on any atom is 0.161 e. The zero-order valence-corrected chi connectivity index (χ0v) is 5.20. The number of hydrogen-bond donors (Lipinski definition) is 1. The van der Waals surface area contributed by atoms with Gasteiger partial charge in [0.05, 0.1) is 0 Å². The summed E-state index contributed by atoms with van der Waals surface area (Å²) in [4.78, 5) is 0. The molecular formula is C4H9ClO2. The van der Waals surface area contributed by atoms with Gasteiger partial charge in [-0.25, -0.2) is 0 Å². The molecule has 0 saturated carbocycles. The van der Waals surface area contributed by atoms with E-state index in [1.54, 1.807) is 0 Å². The van der Waals surface area contributed by atoms with Crippen LogP contribution in [-0.2, 0) is 4.74 Å². The molecule has 0 heterocycles. The fraction of sp³-hybridized carbons (Fsp3) is 1.00. The third kappa shape index (κ3) is 6.21. The van der Waals surface area contributed by atoms with Gasteiger partial charge < -0.3 is 9.84 Å². The second-order valence-corrected chi connectivity index (χ2v) is 1.92. The largest absolute Gasteiger partial charge is 0.366 e. The molecule has 0 rings (SSSR count). The fourth-order valence-electron chi connectivity index (χ4n) is 0.134. The van der Waals surface area contributed by atoms with Gasteiger partial charge in [0.2, 0.25) is 0 Å². The maximum atomic E-state index is 8.71. The van der Waals surface area contributed by atoms with Crippen LogP contribution in [0.15, 0.2) is 0 Å². The smallest absolute Gasteiger partial charge is 0.161 e. The van der Waals surface area contributed by atoms with Crippen molar-refractivity contribution in [3.63, 3.8) is 0 Å². The van der Waals surface area contributed by atoms with E-state index in [0.717, 1.165) is 0 Å². The van der Waals surface area contributed by atoms with Crippen LogP contribution in [0.2, 0.25) is 0 Å². The predicted molar refractivity (Wildman–Crippen MR) is 28.1 cm³/mol. The van der Waals surface area contributed by atoms with Crippen molar-refractivity contribution in [2.45, 2.75) is 19.6 Å². The standard InChI is InChI=1S/C4H9ClO2/c1-4(2,6)7-3-5/h6H,3H2,1-2H3. The number of hydrogen-bond acceptors (Lipinski definition) is 2. The Morgan fingerprint density at radius 3 is 2.14 bits per heavy atom. The fourth-order valence-corrected chi connectivity index (χ4v) is 0.401. The summed E-state index contributed by atoms with van der Waals surface area (Å²) in [6.07, 6.45) is 0. The van der Waals surface area contributed by atoms with Crippen LogP contribution in [0.3, 0.4) is 0 Å². The minimum absolute atomic E-state index is 0.0312. The number of alkyl halides is 1. The monoisotopic (exact) mass is 124 g/mol. The topological polar surface area (TPSA) is 29.5 Å². The SMILES string of the molecule is CC(C)(O)OCCl. The molecule has 7 heavy (non-hydrogen) atoms. The Morgan fingerprint density at radius 2 is 2.14 bits per heavy atom. The van der Waals surface area contributed by atoms with Gasteiger partial charge in [0.15, 0.2) is 5.79 Å². The highest BCUT2D eigenvalue weighted by atomic mass is 35.5. The van der Waals surface area contributed by atoms with Crippen molar-refractivity contribution < 1.29 is 9.84 Å². The molecule has 0 radical (unpaired) electrons. The van der Waals surface area contributed by atoms with E-state index in [9.17, 15) is 0 Å². The number of ether oxygens (including phenoxy) is 1. The van der Waals surface area contributed by atoms with Gasteiger partial charge in [0.1, 0.15) is 6.07 Å². The summed E-state index contributed by atoms with van der Waals surface area (Å²) in [6, 6.07) is 0.0312. The lowest BCUT2D eigenvalue weighted by Crippen LogP contribution is -2.22. The number of halogens is 1. The van der Waals surface area contributed by atoms with Gasteiger partial charge in [-0.15, -0.1) is 0 Å². The van der Waals surface area contributed by atoms with E-state index in [4.69, 9.17) is 16.7 Å². The second-order valence-electron chi connectivity index (χ2n) is 1.70. The van der Waals surface area contributed by atoms with E-state index in [0.29, 0.717) is 0 Å². The Kier molecular flexibility index (Phi) is 2.58. The summed E-state index contributed by atoms with van der Waals surface area (Å²) in [5.74, 6) is -1.08. The van der Waals surface area contributed by atoms with E-state index in [2.05, 4.69) is 4.74 Å². The molecule has 0 atom stereocenters. The molecular weight excluding hydrogens is 115 g/mol. The number of rotatable bonds is 2. The summed E-state index contributed by atoms with van der Waals surface area (Å²) in [6.45, 7) is 3.05. The average Bonchev–Trinajstić information content (AvgIpc) is 1.30. The molecule has 0 unspecified atom stereocenters. The van der Waals surface area contributed by atoms with Crippen LogP contribution in [0.25, 0.3) is 0 Å². The lowest BCUT2D eigenvalue weighted by molar-refractivity contribution is -0.162. The van der Waals surface area contributed by atoms with Gasteiger partial charge in [-0.1, -0.05) is 11.6 Å². The van der Waals surface area contributed by atoms with Gasteiger partial charge in [-0.2, -0.15) is 0 Å². The van der Waals surface area contributed by atoms with Crippen LogP contribution in [-0.4, -0.2) is 17.0 Å². The third-order valence-electron chi connectivity index (χ3n) is 0.408. The molecule has 2 nitrogen and oxygen atoms in total. The van der Waals surface area contributed by atoms with E-state index >= 15 is 0 Å². The molecule has 0 bridgehead atoms. The van der Waals surface area contributed by atoms with Crippen molar-refractivity contribution in [2.75, 3.05) is 6.07 Å². The van der Waals surface area contributed by atoms with Gasteiger partial charge >= 0.3 is 0 Å². The summed E-state index contributed by atoms with van der Waals surface area (Å²) in [5, 5.41) is 8.71. The van der Waals surface area contributed by atoms with Crippen LogP contribution < -0.4 is 0 Å². The molecule has 0 aliphatic rings. The lowest BCUT2D eigenvalue weighted by atomic mass is 10.4. The zero-order valence-electron chi connectivity index (χ0n) is 4.44. The van der Waals surface area contributed by atoms with Crippen molar-refractivity contribution in [3.05, 3.63) is 0 Å². The summed E-state index contributed by atoms with van der Waals surface area (Å²) < 4.78 is 4.55. The highest BCUT2D eigenvalue weighted by Crippen LogP contribution is 2.02. The van der Waals surface area contributed by atoms with Crippen molar-refractivity contribution >= 4 is 11.6 Å². The molecule has 0 saturated heterocycles. The highest BCUT2D eigenvalue weighted by molar-refractivity contribution is 6.17. The van der Waals surface area contributed by atoms with E-state index in [1.807, 2.05) is 0 Å². The first-order valence-corrected chi connectivity index (χ1v) is 2.52. The molecule has 44 valence electrons. The van der Waals surface area contributed by atoms with Crippen LogP contribution in [0.5, 0.6) is 0 Å². The second kappa shape index (κ2) is 2.50. The highest BCUT2D eigenvalue weighted by Gasteiger charge is 2.09. The third-order valence-corrected chi connectivity index (χ3v) is 0.517. The maximum absolute atomic E-state index is 8.71. The van der Waals surface area contributed by atoms with Crippen LogP contribution in [0.1, 0.15) is 13.8 Å². The first-order chi connectivity index (χ1) is 3.06. The van der Waals surface area contributed by atoms with Gasteiger partial charge in [-0.05, 0) is 13.8 Å². The Labute approximate surface area is 48.0 Å². The molecule has 3 heteroatoms. The summed E-state index contributed by atoms with van der Waals surface area (Å²) >= 11 is 5.10. The lowest BCUT2D eigenvalue weighted by Gasteiger charge is -2.14. The minimum atomic E-state index is -1.08. The Bertz CT molecular complexity index is 48.1. The average molecular weight is 125 g/mol. The normalized spacial score (nSPS) is 12.0. The zero-order chi connectivity index (χ0) is 5.91. The van der Waals surface area contributed by atoms with Crippen molar-refractivity contribution in [3.8, 4) is 0 Å². The Hall–Kier alpha value is 0.210. The van der Waals surface area contributed by atoms with Crippen LogP contribution in [0, 0.1) is 0 Å². The Morgan fingerprint density at radius 1 is 1.71 bits per heavy atom. The molecule has 0 aliphatic heterocycles. The van der Waals surface area contributed by atoms with Crippen molar-refractivity contribution in [1.29, 1.82) is 0 Å². The number of aliphatic hydroxyl groups is 1. The van der Waals surface area contributed by atoms with Crippen LogP contribution >= 0.6 is 11.6 Å². The summed E-state index contributed by atoms with van der Waals surface area (Å²) in [5.41, 5.74) is 0. The van der Waals surface area contributed by atoms with E-state index < -0.39 is 5.79 Å². The van der Waals surface area contributed by atoms with Gasteiger partial charge in [0, 0.05) is 0 Å². The molecule has 1 N–H and O–H groups in total. The minimum Gasteiger partial charge on any atom is -0.366 e. The predicted octanol–water partition coefficient (Wildman–Crippen LogP) is 0.928. The van der Waals surface area contributed by atoms with E-state index in [-0.39, 0.29) is 6.07 Å². The molecule has 0 aromatic heterocycles. The van der Waals surface area contributed by atoms with Crippen LogP contribution in [0.4, 0.5) is 0 Å². The van der Waals surface area contributed by atoms with Gasteiger partial charge in [-0.3, -0.25) is 0 Å². The van der Waals surface area contributed by atoms with Crippen molar-refractivity contribution in [1.82, 2.24) is 0 Å². The van der Waals surface area contributed by atoms with Gasteiger partial charge in [0.25, 0.3) is 0 Å². The molecule has 0 aromatic rings. The molecule has 0 amide bonds. The quantitative estimate of drug-likeness (QED) is 0.438. The first kappa shape index (κ1) is 7.21. The molecule has 0 spiro atoms. The molecule has 0 aromatic carbocycles.